The first-order valence-corrected chi connectivity index (χ1v) is 11.9. The zero-order valence-corrected chi connectivity index (χ0v) is 20.4. The fraction of sp³-hybridized carbons (Fsp3) is 0.357. The summed E-state index contributed by atoms with van der Waals surface area (Å²) in [6, 6.07) is 16.5. The highest BCUT2D eigenvalue weighted by Crippen LogP contribution is 2.50. The quantitative estimate of drug-likeness (QED) is 0.426. The van der Waals surface area contributed by atoms with Crippen molar-refractivity contribution in [2.75, 3.05) is 20.1 Å². The van der Waals surface area contributed by atoms with Crippen LogP contribution in [0, 0.1) is 5.41 Å². The van der Waals surface area contributed by atoms with Crippen LogP contribution in [0.4, 0.5) is 0 Å². The fourth-order valence-electron chi connectivity index (χ4n) is 5.39. The molecule has 0 unspecified atom stereocenters. The SMILES string of the molecule is CC(C)c1ccc([C@](O)(c2cncc(-c3cc(Cn4cccc4)[nH]n3)c2)C2(C)CN(C)C2)cc1. The highest BCUT2D eigenvalue weighted by molar-refractivity contribution is 5.60. The Labute approximate surface area is 201 Å². The van der Waals surface area contributed by atoms with Gasteiger partial charge in [-0.15, -0.1) is 0 Å². The lowest BCUT2D eigenvalue weighted by molar-refractivity contribution is -0.127. The van der Waals surface area contributed by atoms with Crippen LogP contribution < -0.4 is 0 Å². The van der Waals surface area contributed by atoms with Gasteiger partial charge in [0, 0.05) is 54.4 Å². The van der Waals surface area contributed by atoms with Crippen molar-refractivity contribution in [3.8, 4) is 11.3 Å². The van der Waals surface area contributed by atoms with E-state index in [1.165, 1.54) is 5.56 Å². The van der Waals surface area contributed by atoms with Crippen LogP contribution in [-0.4, -0.2) is 49.9 Å². The van der Waals surface area contributed by atoms with Gasteiger partial charge in [-0.3, -0.25) is 10.1 Å². The van der Waals surface area contributed by atoms with Gasteiger partial charge >= 0.3 is 0 Å². The molecular weight excluding hydrogens is 422 g/mol. The zero-order chi connectivity index (χ0) is 23.9. The molecule has 6 nitrogen and oxygen atoms in total. The summed E-state index contributed by atoms with van der Waals surface area (Å²) in [4.78, 5) is 6.78. The second kappa shape index (κ2) is 8.53. The number of hydrogen-bond acceptors (Lipinski definition) is 4. The highest BCUT2D eigenvalue weighted by atomic mass is 16.3. The van der Waals surface area contributed by atoms with Crippen molar-refractivity contribution in [2.45, 2.75) is 38.8 Å². The topological polar surface area (TPSA) is 70.0 Å². The van der Waals surface area contributed by atoms with E-state index in [9.17, 15) is 5.11 Å². The van der Waals surface area contributed by atoms with Gasteiger partial charge < -0.3 is 14.6 Å². The molecule has 0 radical (unpaired) electrons. The maximum absolute atomic E-state index is 12.4. The Morgan fingerprint density at radius 2 is 1.76 bits per heavy atom. The molecule has 6 heteroatoms. The van der Waals surface area contributed by atoms with Crippen molar-refractivity contribution in [1.29, 1.82) is 0 Å². The molecule has 5 rings (SSSR count). The molecule has 0 aliphatic carbocycles. The van der Waals surface area contributed by atoms with E-state index in [0.717, 1.165) is 47.7 Å². The molecule has 0 bridgehead atoms. The van der Waals surface area contributed by atoms with Crippen molar-refractivity contribution in [2.24, 2.45) is 5.41 Å². The number of likely N-dealkylation sites (tertiary alicyclic amines) is 1. The van der Waals surface area contributed by atoms with Gasteiger partial charge in [-0.05, 0) is 48.4 Å². The summed E-state index contributed by atoms with van der Waals surface area (Å²) >= 11 is 0. The summed E-state index contributed by atoms with van der Waals surface area (Å²) in [5.41, 5.74) is 4.21. The monoisotopic (exact) mass is 455 g/mol. The van der Waals surface area contributed by atoms with Crippen molar-refractivity contribution in [3.63, 3.8) is 0 Å². The Balaban J connectivity index is 1.53. The largest absolute Gasteiger partial charge is 0.380 e. The van der Waals surface area contributed by atoms with Gasteiger partial charge in [0.15, 0.2) is 0 Å². The molecule has 2 N–H and O–H groups in total. The predicted molar refractivity (Wildman–Crippen MR) is 134 cm³/mol. The summed E-state index contributed by atoms with van der Waals surface area (Å²) < 4.78 is 2.10. The van der Waals surface area contributed by atoms with Crippen molar-refractivity contribution < 1.29 is 5.11 Å². The first-order valence-electron chi connectivity index (χ1n) is 11.9. The summed E-state index contributed by atoms with van der Waals surface area (Å²) in [7, 11) is 2.09. The van der Waals surface area contributed by atoms with Gasteiger partial charge in [-0.25, -0.2) is 0 Å². The lowest BCUT2D eigenvalue weighted by Crippen LogP contribution is -2.63. The number of benzene rings is 1. The molecule has 0 spiro atoms. The molecule has 1 atom stereocenters. The normalized spacial score (nSPS) is 17.5. The number of rotatable bonds is 7. The minimum atomic E-state index is -1.16. The van der Waals surface area contributed by atoms with Crippen molar-refractivity contribution in [3.05, 3.63) is 95.7 Å². The number of aliphatic hydroxyl groups is 1. The van der Waals surface area contributed by atoms with E-state index in [2.05, 4.69) is 82.8 Å². The molecule has 176 valence electrons. The third-order valence-corrected chi connectivity index (χ3v) is 7.21. The maximum Gasteiger partial charge on any atom is 0.124 e. The van der Waals surface area contributed by atoms with Crippen molar-refractivity contribution in [1.82, 2.24) is 24.6 Å². The van der Waals surface area contributed by atoms with Crippen LogP contribution in [0.25, 0.3) is 11.3 Å². The number of aromatic amines is 1. The van der Waals surface area contributed by atoms with Gasteiger partial charge in [0.25, 0.3) is 0 Å². The van der Waals surface area contributed by atoms with Crippen LogP contribution in [0.1, 0.15) is 49.1 Å². The standard InChI is InChI=1S/C28H33N5O/c1-20(2)21-7-9-23(10-8-21)28(34,27(3)18-32(4)19-27)24-13-22(15-29-16-24)26-14-25(30-31-26)17-33-11-5-6-12-33/h5-16,20,34H,17-19H2,1-4H3,(H,30,31)/t28-/m0/s1. The molecule has 1 aliphatic heterocycles. The number of nitrogens with one attached hydrogen (secondary N) is 1. The second-order valence-electron chi connectivity index (χ2n) is 10.3. The molecule has 4 aromatic rings. The van der Waals surface area contributed by atoms with Gasteiger partial charge in [0.1, 0.15) is 5.60 Å². The summed E-state index contributed by atoms with van der Waals surface area (Å²) in [5.74, 6) is 0.443. The Morgan fingerprint density at radius 1 is 1.06 bits per heavy atom. The number of pyridine rings is 1. The molecule has 1 aliphatic rings. The number of nitrogens with zero attached hydrogens (tertiary/aromatic N) is 4. The molecular formula is C28H33N5O. The first-order chi connectivity index (χ1) is 16.3. The van der Waals surface area contributed by atoms with Crippen LogP contribution in [0.5, 0.6) is 0 Å². The third kappa shape index (κ3) is 3.87. The predicted octanol–water partition coefficient (Wildman–Crippen LogP) is 4.63. The lowest BCUT2D eigenvalue weighted by Gasteiger charge is -2.55. The molecule has 1 fully saturated rings. The number of hydrogen-bond donors (Lipinski definition) is 2. The van der Waals surface area contributed by atoms with E-state index in [0.29, 0.717) is 5.92 Å². The smallest absolute Gasteiger partial charge is 0.124 e. The number of aromatic nitrogens is 4. The van der Waals surface area contributed by atoms with Crippen molar-refractivity contribution >= 4 is 0 Å². The Bertz CT molecular complexity index is 1250. The highest BCUT2D eigenvalue weighted by Gasteiger charge is 2.55. The second-order valence-corrected chi connectivity index (χ2v) is 10.3. The van der Waals surface area contributed by atoms with E-state index in [-0.39, 0.29) is 5.41 Å². The van der Waals surface area contributed by atoms with E-state index < -0.39 is 5.60 Å². The Hall–Kier alpha value is -3.22. The average Bonchev–Trinajstić information content (AvgIpc) is 3.50. The minimum Gasteiger partial charge on any atom is -0.380 e. The summed E-state index contributed by atoms with van der Waals surface area (Å²) in [5, 5.41) is 20.1. The minimum absolute atomic E-state index is 0.327. The van der Waals surface area contributed by atoms with Gasteiger partial charge in [-0.1, -0.05) is 45.0 Å². The Kier molecular flexibility index (Phi) is 5.66. The molecule has 34 heavy (non-hydrogen) atoms. The molecule has 0 saturated carbocycles. The van der Waals surface area contributed by atoms with Crippen LogP contribution in [0.2, 0.25) is 0 Å². The average molecular weight is 456 g/mol. The van der Waals surface area contributed by atoms with Gasteiger partial charge in [-0.2, -0.15) is 5.10 Å². The van der Waals surface area contributed by atoms with Gasteiger partial charge in [0.05, 0.1) is 17.9 Å². The molecule has 4 heterocycles. The Morgan fingerprint density at radius 3 is 2.41 bits per heavy atom. The van der Waals surface area contributed by atoms with Crippen LogP contribution in [-0.2, 0) is 12.1 Å². The molecule has 3 aromatic heterocycles. The van der Waals surface area contributed by atoms with Gasteiger partial charge in [0.2, 0.25) is 0 Å². The van der Waals surface area contributed by atoms with E-state index in [4.69, 9.17) is 0 Å². The fourth-order valence-corrected chi connectivity index (χ4v) is 5.39. The molecule has 1 saturated heterocycles. The lowest BCUT2D eigenvalue weighted by atomic mass is 9.62. The first kappa shape index (κ1) is 22.6. The third-order valence-electron chi connectivity index (χ3n) is 7.21. The molecule has 0 amide bonds. The summed E-state index contributed by atoms with van der Waals surface area (Å²) in [6.07, 6.45) is 7.68. The summed E-state index contributed by atoms with van der Waals surface area (Å²) in [6.45, 7) is 8.88. The van der Waals surface area contributed by atoms with E-state index in [1.54, 1.807) is 6.20 Å². The van der Waals surface area contributed by atoms with E-state index >= 15 is 0 Å². The number of H-pyrrole nitrogens is 1. The van der Waals surface area contributed by atoms with E-state index in [1.807, 2.05) is 36.8 Å². The van der Waals surface area contributed by atoms with Crippen LogP contribution in [0.3, 0.4) is 0 Å². The van der Waals surface area contributed by atoms with Crippen LogP contribution in [0.15, 0.2) is 73.3 Å². The molecule has 1 aromatic carbocycles. The maximum atomic E-state index is 12.4. The van der Waals surface area contributed by atoms with Crippen LogP contribution >= 0.6 is 0 Å². The zero-order valence-electron chi connectivity index (χ0n) is 20.4.